The van der Waals surface area contributed by atoms with E-state index in [0.717, 1.165) is 22.5 Å². The van der Waals surface area contributed by atoms with Crippen molar-refractivity contribution in [1.29, 1.82) is 0 Å². The average Bonchev–Trinajstić information content (AvgIpc) is 2.38. The van der Waals surface area contributed by atoms with Crippen LogP contribution in [0.2, 0.25) is 5.02 Å². The summed E-state index contributed by atoms with van der Waals surface area (Å²) in [6, 6.07) is 3.16. The van der Waals surface area contributed by atoms with Crippen LogP contribution in [0.1, 0.15) is 0 Å². The molecule has 0 aliphatic carbocycles. The SMILES string of the molecule is O=C1CN(S(=O)(=O)c2cc([N+](=O)[O-])ccc2Cl)CCN1. The Hall–Kier alpha value is -1.71. The van der Waals surface area contributed by atoms with Gasteiger partial charge in [-0.3, -0.25) is 14.9 Å². The molecule has 1 amide bonds. The van der Waals surface area contributed by atoms with E-state index in [4.69, 9.17) is 11.6 Å². The highest BCUT2D eigenvalue weighted by atomic mass is 35.5. The molecule has 1 aromatic carbocycles. The van der Waals surface area contributed by atoms with Gasteiger partial charge < -0.3 is 5.32 Å². The number of sulfonamides is 1. The molecule has 0 atom stereocenters. The van der Waals surface area contributed by atoms with Crippen LogP contribution < -0.4 is 5.32 Å². The van der Waals surface area contributed by atoms with Gasteiger partial charge in [0.25, 0.3) is 5.69 Å². The van der Waals surface area contributed by atoms with Crippen molar-refractivity contribution >= 4 is 33.2 Å². The summed E-state index contributed by atoms with van der Waals surface area (Å²) in [6.07, 6.45) is 0. The molecule has 0 bridgehead atoms. The van der Waals surface area contributed by atoms with Crippen LogP contribution in [0.25, 0.3) is 0 Å². The maximum absolute atomic E-state index is 12.4. The van der Waals surface area contributed by atoms with Crippen LogP contribution in [-0.4, -0.2) is 43.2 Å². The first kappa shape index (κ1) is 14.7. The van der Waals surface area contributed by atoms with E-state index in [1.807, 2.05) is 0 Å². The molecule has 1 aliphatic rings. The van der Waals surface area contributed by atoms with Gasteiger partial charge in [0.05, 0.1) is 16.5 Å². The second kappa shape index (κ2) is 5.35. The second-order valence-electron chi connectivity index (χ2n) is 4.06. The largest absolute Gasteiger partial charge is 0.354 e. The Bertz CT molecular complexity index is 675. The Kier molecular flexibility index (Phi) is 3.93. The van der Waals surface area contributed by atoms with E-state index in [1.165, 1.54) is 0 Å². The van der Waals surface area contributed by atoms with Crippen LogP contribution >= 0.6 is 11.6 Å². The fourth-order valence-electron chi connectivity index (χ4n) is 1.76. The van der Waals surface area contributed by atoms with Gasteiger partial charge >= 0.3 is 0 Å². The number of amides is 1. The topological polar surface area (TPSA) is 110 Å². The van der Waals surface area contributed by atoms with Crippen LogP contribution in [0.5, 0.6) is 0 Å². The average molecular weight is 320 g/mol. The lowest BCUT2D eigenvalue weighted by Gasteiger charge is -2.26. The van der Waals surface area contributed by atoms with Gasteiger partial charge in [0, 0.05) is 25.2 Å². The molecule has 2 rings (SSSR count). The molecule has 0 saturated carbocycles. The summed E-state index contributed by atoms with van der Waals surface area (Å²) >= 11 is 5.81. The third-order valence-corrected chi connectivity index (χ3v) is 5.07. The molecule has 1 aromatic rings. The zero-order chi connectivity index (χ0) is 14.9. The van der Waals surface area contributed by atoms with Crippen LogP contribution in [0.4, 0.5) is 5.69 Å². The Labute approximate surface area is 119 Å². The third kappa shape index (κ3) is 2.74. The molecule has 1 fully saturated rings. The van der Waals surface area contributed by atoms with Crippen LogP contribution in [-0.2, 0) is 14.8 Å². The summed E-state index contributed by atoms with van der Waals surface area (Å²) < 4.78 is 25.7. The van der Waals surface area contributed by atoms with E-state index < -0.39 is 20.9 Å². The fourth-order valence-corrected chi connectivity index (χ4v) is 3.65. The first-order chi connectivity index (χ1) is 9.32. The summed E-state index contributed by atoms with van der Waals surface area (Å²) in [7, 11) is -4.05. The van der Waals surface area contributed by atoms with Crippen molar-refractivity contribution in [3.63, 3.8) is 0 Å². The molecule has 0 radical (unpaired) electrons. The summed E-state index contributed by atoms with van der Waals surface area (Å²) in [5, 5.41) is 13.1. The van der Waals surface area contributed by atoms with Gasteiger partial charge in [-0.2, -0.15) is 4.31 Å². The number of piperazine rings is 1. The van der Waals surface area contributed by atoms with E-state index in [-0.39, 0.29) is 35.2 Å². The minimum atomic E-state index is -4.05. The Morgan fingerprint density at radius 2 is 2.10 bits per heavy atom. The standard InChI is InChI=1S/C10H10ClN3O5S/c11-8-2-1-7(14(16)17)5-9(8)20(18,19)13-4-3-12-10(15)6-13/h1-2,5H,3-4,6H2,(H,12,15). The molecular weight excluding hydrogens is 310 g/mol. The number of hydrogen-bond donors (Lipinski definition) is 1. The van der Waals surface area contributed by atoms with Gasteiger partial charge in [0.15, 0.2) is 0 Å². The van der Waals surface area contributed by atoms with E-state index in [9.17, 15) is 23.3 Å². The predicted molar refractivity (Wildman–Crippen MR) is 69.9 cm³/mol. The number of benzene rings is 1. The summed E-state index contributed by atoms with van der Waals surface area (Å²) in [5.74, 6) is -0.429. The molecule has 1 aliphatic heterocycles. The molecular formula is C10H10ClN3O5S. The lowest BCUT2D eigenvalue weighted by atomic mass is 10.3. The Morgan fingerprint density at radius 1 is 1.40 bits per heavy atom. The molecule has 8 nitrogen and oxygen atoms in total. The summed E-state index contributed by atoms with van der Waals surface area (Å²) in [5.41, 5.74) is -0.380. The molecule has 0 aromatic heterocycles. The first-order valence-corrected chi connectivity index (χ1v) is 7.35. The van der Waals surface area contributed by atoms with Crippen molar-refractivity contribution < 1.29 is 18.1 Å². The quantitative estimate of drug-likeness (QED) is 0.639. The molecule has 108 valence electrons. The van der Waals surface area contributed by atoms with Gasteiger partial charge in [0.2, 0.25) is 15.9 Å². The molecule has 20 heavy (non-hydrogen) atoms. The number of nitro groups is 1. The number of nitrogens with one attached hydrogen (secondary N) is 1. The molecule has 0 unspecified atom stereocenters. The van der Waals surface area contributed by atoms with E-state index in [2.05, 4.69) is 5.32 Å². The van der Waals surface area contributed by atoms with Crippen molar-refractivity contribution in [3.05, 3.63) is 33.3 Å². The van der Waals surface area contributed by atoms with Crippen molar-refractivity contribution in [2.45, 2.75) is 4.90 Å². The normalized spacial score (nSPS) is 16.8. The highest BCUT2D eigenvalue weighted by Crippen LogP contribution is 2.28. The summed E-state index contributed by atoms with van der Waals surface area (Å²) in [6.45, 7) is -0.0565. The number of carbonyl (C=O) groups excluding carboxylic acids is 1. The molecule has 1 saturated heterocycles. The van der Waals surface area contributed by atoms with E-state index in [1.54, 1.807) is 0 Å². The maximum atomic E-state index is 12.4. The van der Waals surface area contributed by atoms with Crippen molar-refractivity contribution in [2.75, 3.05) is 19.6 Å². The molecule has 1 heterocycles. The van der Waals surface area contributed by atoms with Gasteiger partial charge in [-0.05, 0) is 6.07 Å². The van der Waals surface area contributed by atoms with Crippen molar-refractivity contribution in [3.8, 4) is 0 Å². The lowest BCUT2D eigenvalue weighted by Crippen LogP contribution is -2.49. The Morgan fingerprint density at radius 3 is 2.70 bits per heavy atom. The van der Waals surface area contributed by atoms with Crippen molar-refractivity contribution in [1.82, 2.24) is 9.62 Å². The van der Waals surface area contributed by atoms with Crippen LogP contribution in [0.3, 0.4) is 0 Å². The molecule has 1 N–H and O–H groups in total. The number of non-ortho nitro benzene ring substituents is 1. The molecule has 10 heteroatoms. The number of hydrogen-bond acceptors (Lipinski definition) is 5. The third-order valence-electron chi connectivity index (χ3n) is 2.75. The predicted octanol–water partition coefficient (Wildman–Crippen LogP) is 0.369. The number of rotatable bonds is 3. The van der Waals surface area contributed by atoms with Crippen LogP contribution in [0, 0.1) is 10.1 Å². The number of nitro benzene ring substituents is 1. The van der Waals surface area contributed by atoms with Gasteiger partial charge in [-0.1, -0.05) is 11.6 Å². The zero-order valence-electron chi connectivity index (χ0n) is 10.1. The van der Waals surface area contributed by atoms with Gasteiger partial charge in [-0.25, -0.2) is 8.42 Å². The summed E-state index contributed by atoms with van der Waals surface area (Å²) in [4.78, 5) is 20.9. The minimum Gasteiger partial charge on any atom is -0.354 e. The lowest BCUT2D eigenvalue weighted by molar-refractivity contribution is -0.385. The van der Waals surface area contributed by atoms with Gasteiger partial charge in [-0.15, -0.1) is 0 Å². The first-order valence-electron chi connectivity index (χ1n) is 5.53. The monoisotopic (exact) mass is 319 g/mol. The number of nitrogens with zero attached hydrogens (tertiary/aromatic N) is 2. The zero-order valence-corrected chi connectivity index (χ0v) is 11.6. The second-order valence-corrected chi connectivity index (χ2v) is 6.37. The van der Waals surface area contributed by atoms with Crippen molar-refractivity contribution in [2.24, 2.45) is 0 Å². The minimum absolute atomic E-state index is 0.0904. The van der Waals surface area contributed by atoms with Gasteiger partial charge in [0.1, 0.15) is 4.90 Å². The van der Waals surface area contributed by atoms with E-state index >= 15 is 0 Å². The Balaban J connectivity index is 2.45. The van der Waals surface area contributed by atoms with E-state index in [0.29, 0.717) is 0 Å². The maximum Gasteiger partial charge on any atom is 0.270 e. The highest BCUT2D eigenvalue weighted by molar-refractivity contribution is 7.89. The smallest absolute Gasteiger partial charge is 0.270 e. The van der Waals surface area contributed by atoms with Crippen LogP contribution in [0.15, 0.2) is 23.1 Å². The number of carbonyl (C=O) groups is 1. The highest BCUT2D eigenvalue weighted by Gasteiger charge is 2.31. The molecule has 0 spiro atoms. The fraction of sp³-hybridized carbons (Fsp3) is 0.300. The number of halogens is 1.